The summed E-state index contributed by atoms with van der Waals surface area (Å²) >= 11 is 0. The van der Waals surface area contributed by atoms with Crippen LogP contribution in [0.1, 0.15) is 89.2 Å². The van der Waals surface area contributed by atoms with Crippen LogP contribution in [0.2, 0.25) is 0 Å². The number of nitrogens with zero attached hydrogens (tertiary/aromatic N) is 1. The molecule has 0 amide bonds. The van der Waals surface area contributed by atoms with E-state index in [4.69, 9.17) is 4.74 Å². The molecule has 148 valence electrons. The van der Waals surface area contributed by atoms with Gasteiger partial charge in [0.15, 0.2) is 0 Å². The maximum atomic E-state index is 5.75. The number of pyridine rings is 1. The molecule has 2 nitrogen and oxygen atoms in total. The van der Waals surface area contributed by atoms with Crippen molar-refractivity contribution in [3.05, 3.63) is 35.4 Å². The number of rotatable bonds is 9. The molecule has 0 saturated heterocycles. The first-order chi connectivity index (χ1) is 13.8. The van der Waals surface area contributed by atoms with E-state index in [-0.39, 0.29) is 0 Å². The van der Waals surface area contributed by atoms with E-state index in [1.165, 1.54) is 38.5 Å². The van der Waals surface area contributed by atoms with Crippen molar-refractivity contribution in [2.75, 3.05) is 0 Å². The fraction of sp³-hybridized carbons (Fsp3) is 0.500. The molecule has 1 heterocycles. The van der Waals surface area contributed by atoms with Gasteiger partial charge < -0.3 is 4.74 Å². The van der Waals surface area contributed by atoms with Crippen LogP contribution in [0, 0.1) is 30.8 Å². The normalized spacial score (nSPS) is 10.1. The minimum Gasteiger partial charge on any atom is -0.386 e. The molecule has 2 aromatic rings. The largest absolute Gasteiger partial charge is 0.386 e. The Morgan fingerprint density at radius 2 is 1.54 bits per heavy atom. The van der Waals surface area contributed by atoms with Gasteiger partial charge in [0.2, 0.25) is 5.88 Å². The zero-order valence-corrected chi connectivity index (χ0v) is 17.7. The number of benzene rings is 1. The molecule has 2 rings (SSSR count). The molecule has 0 saturated carbocycles. The van der Waals surface area contributed by atoms with Gasteiger partial charge in [0, 0.05) is 18.2 Å². The van der Waals surface area contributed by atoms with Gasteiger partial charge in [-0.3, -0.25) is 0 Å². The third-order valence-electron chi connectivity index (χ3n) is 4.86. The highest BCUT2D eigenvalue weighted by Gasteiger charge is 2.11. The van der Waals surface area contributed by atoms with Crippen molar-refractivity contribution in [1.29, 1.82) is 0 Å². The number of hydrogen-bond donors (Lipinski definition) is 0. The number of aryl methyl sites for hydroxylation is 1. The molecule has 0 aliphatic heterocycles. The second kappa shape index (κ2) is 12.9. The van der Waals surface area contributed by atoms with Crippen LogP contribution in [-0.4, -0.2) is 4.98 Å². The van der Waals surface area contributed by atoms with Crippen LogP contribution in [0.25, 0.3) is 10.9 Å². The Balaban J connectivity index is 2.15. The fourth-order valence-electron chi connectivity index (χ4n) is 3.14. The second-order valence-corrected chi connectivity index (χ2v) is 7.24. The quantitative estimate of drug-likeness (QED) is 0.342. The molecule has 28 heavy (non-hydrogen) atoms. The third-order valence-corrected chi connectivity index (χ3v) is 4.86. The summed E-state index contributed by atoms with van der Waals surface area (Å²) in [5.74, 6) is 10.3. The Labute approximate surface area is 171 Å². The Morgan fingerprint density at radius 3 is 2.25 bits per heavy atom. The first-order valence-electron chi connectivity index (χ1n) is 10.8. The summed E-state index contributed by atoms with van der Waals surface area (Å²) in [6.45, 7) is 6.54. The third kappa shape index (κ3) is 6.94. The second-order valence-electron chi connectivity index (χ2n) is 7.24. The standard InChI is InChI=1S/C26H33NO/c1-4-6-8-10-12-14-19-24-22(3)23-18-15-16-20-25(23)27-26(24)28-21-17-13-11-9-7-5-2/h15-16,18,20H,4-13H2,1-3H3. The highest BCUT2D eigenvalue weighted by atomic mass is 16.5. The van der Waals surface area contributed by atoms with Crippen molar-refractivity contribution in [2.45, 2.75) is 85.0 Å². The van der Waals surface area contributed by atoms with Gasteiger partial charge in [-0.2, -0.15) is 0 Å². The molecule has 0 bridgehead atoms. The van der Waals surface area contributed by atoms with E-state index in [1.54, 1.807) is 0 Å². The van der Waals surface area contributed by atoms with Gasteiger partial charge >= 0.3 is 0 Å². The maximum Gasteiger partial charge on any atom is 0.247 e. The summed E-state index contributed by atoms with van der Waals surface area (Å²) < 4.78 is 5.75. The molecule has 0 fully saturated rings. The minimum absolute atomic E-state index is 0.540. The molecule has 0 N–H and O–H groups in total. The van der Waals surface area contributed by atoms with Gasteiger partial charge in [-0.15, -0.1) is 0 Å². The first kappa shape index (κ1) is 21.8. The highest BCUT2D eigenvalue weighted by Crippen LogP contribution is 2.26. The summed E-state index contributed by atoms with van der Waals surface area (Å²) in [5, 5.41) is 1.12. The molecule has 0 spiro atoms. The van der Waals surface area contributed by atoms with E-state index in [2.05, 4.69) is 55.7 Å². The Morgan fingerprint density at radius 1 is 0.857 bits per heavy atom. The lowest BCUT2D eigenvalue weighted by atomic mass is 10.0. The monoisotopic (exact) mass is 375 g/mol. The number of ether oxygens (including phenoxy) is 1. The van der Waals surface area contributed by atoms with Crippen LogP contribution in [0.5, 0.6) is 5.88 Å². The SMILES string of the molecule is CCCCCCC#COc1nc2ccccc2c(C)c1C#CCCCCCC. The van der Waals surface area contributed by atoms with Crippen molar-refractivity contribution < 1.29 is 4.74 Å². The van der Waals surface area contributed by atoms with E-state index in [0.717, 1.165) is 47.7 Å². The summed E-state index contributed by atoms with van der Waals surface area (Å²) in [6, 6.07) is 8.13. The molecule has 0 aliphatic carbocycles. The van der Waals surface area contributed by atoms with Crippen molar-refractivity contribution >= 4 is 10.9 Å². The number of aromatic nitrogens is 1. The average molecular weight is 376 g/mol. The Kier molecular flexibility index (Phi) is 10.0. The molecular weight excluding hydrogens is 342 g/mol. The topological polar surface area (TPSA) is 22.1 Å². The van der Waals surface area contributed by atoms with E-state index in [0.29, 0.717) is 5.88 Å². The molecule has 0 atom stereocenters. The molecule has 2 heteroatoms. The van der Waals surface area contributed by atoms with E-state index in [9.17, 15) is 0 Å². The van der Waals surface area contributed by atoms with Crippen LogP contribution in [0.3, 0.4) is 0 Å². The molecule has 0 unspecified atom stereocenters. The van der Waals surface area contributed by atoms with Crippen LogP contribution < -0.4 is 4.74 Å². The zero-order valence-electron chi connectivity index (χ0n) is 17.7. The predicted octanol–water partition coefficient (Wildman–Crippen LogP) is 7.18. The zero-order chi connectivity index (χ0) is 20.0. The number of para-hydroxylation sites is 1. The molecular formula is C26H33NO. The summed E-state index contributed by atoms with van der Waals surface area (Å²) in [5.41, 5.74) is 2.91. The van der Waals surface area contributed by atoms with Crippen molar-refractivity contribution in [1.82, 2.24) is 4.98 Å². The lowest BCUT2D eigenvalue weighted by Crippen LogP contribution is -1.97. The van der Waals surface area contributed by atoms with Crippen molar-refractivity contribution in [2.24, 2.45) is 0 Å². The van der Waals surface area contributed by atoms with Crippen LogP contribution >= 0.6 is 0 Å². The lowest BCUT2D eigenvalue weighted by molar-refractivity contribution is 0.496. The number of fused-ring (bicyclic) bond motifs is 1. The van der Waals surface area contributed by atoms with Gasteiger partial charge in [0.05, 0.1) is 11.1 Å². The van der Waals surface area contributed by atoms with Crippen LogP contribution in [0.4, 0.5) is 0 Å². The first-order valence-corrected chi connectivity index (χ1v) is 10.8. The van der Waals surface area contributed by atoms with Crippen molar-refractivity contribution in [3.8, 4) is 29.7 Å². The van der Waals surface area contributed by atoms with Crippen LogP contribution in [0.15, 0.2) is 24.3 Å². The fourth-order valence-corrected chi connectivity index (χ4v) is 3.14. The Bertz CT molecular complexity index is 861. The lowest BCUT2D eigenvalue weighted by Gasteiger charge is -2.08. The average Bonchev–Trinajstić information content (AvgIpc) is 2.71. The van der Waals surface area contributed by atoms with E-state index >= 15 is 0 Å². The number of hydrogen-bond acceptors (Lipinski definition) is 2. The van der Waals surface area contributed by atoms with Gasteiger partial charge in [0.25, 0.3) is 0 Å². The maximum absolute atomic E-state index is 5.75. The van der Waals surface area contributed by atoms with Gasteiger partial charge in [-0.05, 0) is 31.4 Å². The minimum atomic E-state index is 0.540. The van der Waals surface area contributed by atoms with Gasteiger partial charge in [-0.25, -0.2) is 4.98 Å². The van der Waals surface area contributed by atoms with Gasteiger partial charge in [-0.1, -0.05) is 88.3 Å². The molecule has 0 radical (unpaired) electrons. The summed E-state index contributed by atoms with van der Waals surface area (Å²) in [4.78, 5) is 4.68. The molecule has 1 aromatic carbocycles. The smallest absolute Gasteiger partial charge is 0.247 e. The molecule has 1 aromatic heterocycles. The van der Waals surface area contributed by atoms with Crippen molar-refractivity contribution in [3.63, 3.8) is 0 Å². The van der Waals surface area contributed by atoms with E-state index in [1.807, 2.05) is 18.2 Å². The predicted molar refractivity (Wildman–Crippen MR) is 119 cm³/mol. The summed E-state index contributed by atoms with van der Waals surface area (Å²) in [6.07, 6.45) is 14.4. The highest BCUT2D eigenvalue weighted by molar-refractivity contribution is 5.85. The number of unbranched alkanes of at least 4 members (excludes halogenated alkanes) is 8. The van der Waals surface area contributed by atoms with Crippen LogP contribution in [-0.2, 0) is 0 Å². The van der Waals surface area contributed by atoms with E-state index < -0.39 is 0 Å². The Hall–Kier alpha value is -2.45. The summed E-state index contributed by atoms with van der Waals surface area (Å²) in [7, 11) is 0. The van der Waals surface area contributed by atoms with Gasteiger partial charge in [0.1, 0.15) is 6.11 Å². The molecule has 0 aliphatic rings.